The first-order chi connectivity index (χ1) is 37.3. The lowest BCUT2D eigenvalue weighted by atomic mass is 9.33. The SMILES string of the molecule is CC(C)(C)c1ccc(N2c3ccc(N4c5ccc(-c6ccc(N)cc6)cc5C5(C)CCCCC45C)cc3B3c4ccccc4N(c4ccccc4)c4cc(N5c6ccc(C(C)(C)C)cc6C6(C)CCCCC56C)cc2c43)cc1. The lowest BCUT2D eigenvalue weighted by molar-refractivity contribution is 0.195. The molecular formula is C72H76BN5. The molecule has 0 saturated heterocycles. The monoisotopic (exact) mass is 1020 g/mol. The summed E-state index contributed by atoms with van der Waals surface area (Å²) in [5.41, 5.74) is 31.5. The van der Waals surface area contributed by atoms with E-state index >= 15 is 0 Å². The van der Waals surface area contributed by atoms with Gasteiger partial charge in [0.15, 0.2) is 0 Å². The molecule has 4 heterocycles. The van der Waals surface area contributed by atoms with Crippen LogP contribution in [0.15, 0.2) is 170 Å². The molecule has 8 aromatic carbocycles. The number of fused-ring (bicyclic) bond motifs is 10. The Labute approximate surface area is 465 Å². The first kappa shape index (κ1) is 49.1. The normalized spacial score (nSPS) is 23.7. The van der Waals surface area contributed by atoms with E-state index in [-0.39, 0.29) is 39.5 Å². The third kappa shape index (κ3) is 6.86. The summed E-state index contributed by atoms with van der Waals surface area (Å²) in [4.78, 5) is 10.8. The summed E-state index contributed by atoms with van der Waals surface area (Å²) in [7, 11) is 0. The maximum atomic E-state index is 6.21. The van der Waals surface area contributed by atoms with Gasteiger partial charge in [-0.1, -0.05) is 160 Å². The van der Waals surface area contributed by atoms with Gasteiger partial charge in [0.05, 0.1) is 11.1 Å². The van der Waals surface area contributed by atoms with Gasteiger partial charge in [0, 0.05) is 73.4 Å². The fourth-order valence-corrected chi connectivity index (χ4v) is 16.0. The van der Waals surface area contributed by atoms with Gasteiger partial charge in [0.25, 0.3) is 6.71 Å². The average Bonchev–Trinajstić information content (AvgIpc) is 4.00. The maximum Gasteiger partial charge on any atom is 0.252 e. The van der Waals surface area contributed by atoms with Crippen LogP contribution in [-0.4, -0.2) is 17.8 Å². The molecular weight excluding hydrogens is 946 g/mol. The highest BCUT2D eigenvalue weighted by Gasteiger charge is 2.60. The molecule has 6 aliphatic rings. The molecule has 2 fully saturated rings. The smallest absolute Gasteiger partial charge is 0.252 e. The molecule has 8 aromatic rings. The number of hydrogen-bond acceptors (Lipinski definition) is 5. The van der Waals surface area contributed by atoms with E-state index in [0.717, 1.165) is 24.9 Å². The van der Waals surface area contributed by atoms with E-state index in [1.807, 2.05) is 12.1 Å². The van der Waals surface area contributed by atoms with E-state index in [1.165, 1.54) is 139 Å². The van der Waals surface area contributed by atoms with Gasteiger partial charge >= 0.3 is 0 Å². The highest BCUT2D eigenvalue weighted by molar-refractivity contribution is 7.00. The Morgan fingerprint density at radius 2 is 0.885 bits per heavy atom. The number of hydrogen-bond donors (Lipinski definition) is 1. The molecule has 2 aliphatic carbocycles. The van der Waals surface area contributed by atoms with Gasteiger partial charge in [-0.25, -0.2) is 0 Å². The molecule has 0 bridgehead atoms. The van der Waals surface area contributed by atoms with Crippen molar-refractivity contribution in [3.8, 4) is 11.1 Å². The lowest BCUT2D eigenvalue weighted by Crippen LogP contribution is -2.62. The van der Waals surface area contributed by atoms with E-state index < -0.39 is 0 Å². The minimum Gasteiger partial charge on any atom is -0.399 e. The molecule has 6 heteroatoms. The van der Waals surface area contributed by atoms with E-state index in [9.17, 15) is 0 Å². The van der Waals surface area contributed by atoms with Crippen LogP contribution in [0.1, 0.15) is 143 Å². The second-order valence-corrected chi connectivity index (χ2v) is 27.1. The first-order valence-corrected chi connectivity index (χ1v) is 29.3. The van der Waals surface area contributed by atoms with Gasteiger partial charge in [0.1, 0.15) is 0 Å². The number of para-hydroxylation sites is 2. The molecule has 0 radical (unpaired) electrons. The van der Waals surface area contributed by atoms with Crippen LogP contribution in [0.4, 0.5) is 62.6 Å². The number of rotatable bonds is 5. The van der Waals surface area contributed by atoms with Gasteiger partial charge in [-0.05, 0) is 191 Å². The van der Waals surface area contributed by atoms with Gasteiger partial charge in [-0.2, -0.15) is 0 Å². The minimum atomic E-state index is -0.138. The molecule has 0 amide bonds. The Morgan fingerprint density at radius 3 is 1.51 bits per heavy atom. The molecule has 4 atom stereocenters. The number of anilines is 11. The standard InChI is InChI=1S/C72H76BN5/c1-67(2,3)49-27-32-53(33-28-49)76-63-37-34-54(77-60-35-26-48(47-24-30-51(74)31-25-47)42-56(60)69(7)38-16-18-40-71(69,77)9)44-59(63)73-58-22-14-15-23-62(58)75(52-20-12-11-13-21-52)64-45-55(46-65(76)66(64)73)78-61-36-29-50(68(4,5)6)43-57(61)70(8)39-17-19-41-72(70,78)10/h11-15,20-37,42-46H,16-19,38-41,74H2,1-10H3. The molecule has 2 N–H and O–H groups in total. The van der Waals surface area contributed by atoms with E-state index in [2.05, 4.69) is 247 Å². The molecule has 5 nitrogen and oxygen atoms in total. The zero-order valence-electron chi connectivity index (χ0n) is 47.8. The van der Waals surface area contributed by atoms with Crippen molar-refractivity contribution in [2.24, 2.45) is 0 Å². The molecule has 4 aliphatic heterocycles. The summed E-state index contributed by atoms with van der Waals surface area (Å²) in [5.74, 6) is 0. The van der Waals surface area contributed by atoms with Crippen LogP contribution in [0.2, 0.25) is 0 Å². The summed E-state index contributed by atoms with van der Waals surface area (Å²) in [6, 6.07) is 66.0. The molecule has 392 valence electrons. The Bertz CT molecular complexity index is 3720. The molecule has 2 saturated carbocycles. The fourth-order valence-electron chi connectivity index (χ4n) is 16.0. The highest BCUT2D eigenvalue weighted by atomic mass is 15.3. The van der Waals surface area contributed by atoms with E-state index in [0.29, 0.717) is 0 Å². The van der Waals surface area contributed by atoms with Crippen LogP contribution in [0.3, 0.4) is 0 Å². The van der Waals surface area contributed by atoms with Crippen LogP contribution in [0, 0.1) is 0 Å². The van der Waals surface area contributed by atoms with Crippen molar-refractivity contribution >= 4 is 85.7 Å². The van der Waals surface area contributed by atoms with Gasteiger partial charge in [0.2, 0.25) is 0 Å². The van der Waals surface area contributed by atoms with E-state index in [1.54, 1.807) is 0 Å². The maximum absolute atomic E-state index is 6.21. The number of benzene rings is 8. The van der Waals surface area contributed by atoms with Crippen LogP contribution in [-0.2, 0) is 21.7 Å². The molecule has 0 aromatic heterocycles. The summed E-state index contributed by atoms with van der Waals surface area (Å²) in [6.45, 7) is 24.3. The van der Waals surface area contributed by atoms with Crippen molar-refractivity contribution in [2.75, 3.05) is 25.3 Å². The van der Waals surface area contributed by atoms with Crippen LogP contribution in [0.25, 0.3) is 11.1 Å². The fraction of sp³-hybridized carbons (Fsp3) is 0.333. The van der Waals surface area contributed by atoms with Gasteiger partial charge in [-0.3, -0.25) is 0 Å². The van der Waals surface area contributed by atoms with Crippen molar-refractivity contribution in [3.63, 3.8) is 0 Å². The largest absolute Gasteiger partial charge is 0.399 e. The first-order valence-electron chi connectivity index (χ1n) is 29.3. The van der Waals surface area contributed by atoms with Gasteiger partial charge in [-0.15, -0.1) is 0 Å². The molecule has 0 spiro atoms. The number of nitrogens with two attached hydrogens (primary N) is 1. The minimum absolute atomic E-state index is 0.0149. The third-order valence-corrected chi connectivity index (χ3v) is 20.8. The zero-order chi connectivity index (χ0) is 53.9. The summed E-state index contributed by atoms with van der Waals surface area (Å²) in [6.07, 6.45) is 9.51. The van der Waals surface area contributed by atoms with Crippen LogP contribution < -0.4 is 41.7 Å². The second-order valence-electron chi connectivity index (χ2n) is 27.1. The molecule has 14 rings (SSSR count). The van der Waals surface area contributed by atoms with Crippen molar-refractivity contribution in [1.29, 1.82) is 0 Å². The van der Waals surface area contributed by atoms with Crippen LogP contribution in [0.5, 0.6) is 0 Å². The molecule has 4 unspecified atom stereocenters. The second kappa shape index (κ2) is 16.9. The van der Waals surface area contributed by atoms with Gasteiger partial charge < -0.3 is 25.3 Å². The quantitative estimate of drug-likeness (QED) is 0.137. The Hall–Kier alpha value is -7.18. The average molecular weight is 1020 g/mol. The number of nitrogen functional groups attached to an aromatic ring is 1. The summed E-state index contributed by atoms with van der Waals surface area (Å²) >= 11 is 0. The van der Waals surface area contributed by atoms with Crippen molar-refractivity contribution < 1.29 is 0 Å². The summed E-state index contributed by atoms with van der Waals surface area (Å²) in [5, 5.41) is 0. The molecule has 78 heavy (non-hydrogen) atoms. The van der Waals surface area contributed by atoms with Crippen molar-refractivity contribution in [1.82, 2.24) is 0 Å². The van der Waals surface area contributed by atoms with E-state index in [4.69, 9.17) is 5.73 Å². The van der Waals surface area contributed by atoms with Crippen molar-refractivity contribution in [2.45, 2.75) is 153 Å². The Morgan fingerprint density at radius 1 is 0.397 bits per heavy atom. The topological polar surface area (TPSA) is 39.0 Å². The number of nitrogens with zero attached hydrogens (tertiary/aromatic N) is 4. The Balaban J connectivity index is 1.03. The third-order valence-electron chi connectivity index (χ3n) is 20.8. The predicted molar refractivity (Wildman–Crippen MR) is 333 cm³/mol. The predicted octanol–water partition coefficient (Wildman–Crippen LogP) is 17.1. The van der Waals surface area contributed by atoms with Crippen LogP contribution >= 0.6 is 0 Å². The highest BCUT2D eigenvalue weighted by Crippen LogP contribution is 2.64. The zero-order valence-corrected chi connectivity index (χ0v) is 47.8. The van der Waals surface area contributed by atoms with Crippen molar-refractivity contribution in [3.05, 3.63) is 192 Å². The Kier molecular flexibility index (Phi) is 10.7. The lowest BCUT2D eigenvalue weighted by Gasteiger charge is -2.51. The summed E-state index contributed by atoms with van der Waals surface area (Å²) < 4.78 is 0.